The summed E-state index contributed by atoms with van der Waals surface area (Å²) in [4.78, 5) is 21.1. The van der Waals surface area contributed by atoms with Crippen molar-refractivity contribution in [3.05, 3.63) is 33.9 Å². The lowest BCUT2D eigenvalue weighted by Gasteiger charge is -2.31. The van der Waals surface area contributed by atoms with Crippen LogP contribution in [0.1, 0.15) is 23.2 Å². The van der Waals surface area contributed by atoms with Gasteiger partial charge in [0.15, 0.2) is 0 Å². The summed E-state index contributed by atoms with van der Waals surface area (Å²) < 4.78 is 0. The number of aliphatic hydroxyl groups excluding tert-OH is 1. The van der Waals surface area contributed by atoms with E-state index in [-0.39, 0.29) is 17.4 Å². The van der Waals surface area contributed by atoms with E-state index in [1.807, 2.05) is 0 Å². The predicted molar refractivity (Wildman–Crippen MR) is 67.3 cm³/mol. The molecule has 0 atom stereocenters. The molecule has 1 saturated carbocycles. The third-order valence-corrected chi connectivity index (χ3v) is 3.23. The molecule has 1 aromatic carbocycles. The van der Waals surface area contributed by atoms with Crippen molar-refractivity contribution in [3.63, 3.8) is 0 Å². The molecule has 0 saturated heterocycles. The number of aliphatic hydroxyl groups is 1. The number of carboxylic acid groups (broad SMARTS) is 1. The Hall–Kier alpha value is -2.15. The third-order valence-electron chi connectivity index (χ3n) is 3.23. The number of aromatic carboxylic acids is 1. The maximum absolute atomic E-state index is 10.9. The lowest BCUT2D eigenvalue weighted by atomic mass is 9.82. The average Bonchev–Trinajstić information content (AvgIpc) is 2.32. The number of carbonyl (C=O) groups is 1. The van der Waals surface area contributed by atoms with Crippen molar-refractivity contribution < 1.29 is 19.9 Å². The number of nitro benzene ring substituents is 1. The molecule has 0 bridgehead atoms. The quantitative estimate of drug-likeness (QED) is 0.549. The molecule has 1 aliphatic rings. The Balaban J connectivity index is 2.10. The average molecular weight is 266 g/mol. The first-order chi connectivity index (χ1) is 8.97. The number of nitrogens with one attached hydrogen (secondary N) is 1. The SMILES string of the molecule is O=C(O)c1ccc(NCC2CC(O)C2)c([N+](=O)[O-])c1. The molecule has 19 heavy (non-hydrogen) atoms. The van der Waals surface area contributed by atoms with Crippen LogP contribution in [0.15, 0.2) is 18.2 Å². The van der Waals surface area contributed by atoms with Crippen LogP contribution in [0, 0.1) is 16.0 Å². The summed E-state index contributed by atoms with van der Waals surface area (Å²) in [6.07, 6.45) is 1.11. The van der Waals surface area contributed by atoms with Crippen molar-refractivity contribution in [1.29, 1.82) is 0 Å². The van der Waals surface area contributed by atoms with Crippen LogP contribution >= 0.6 is 0 Å². The number of nitro groups is 1. The summed E-state index contributed by atoms with van der Waals surface area (Å²) in [5, 5.41) is 31.8. The molecule has 1 aliphatic carbocycles. The number of anilines is 1. The van der Waals surface area contributed by atoms with Gasteiger partial charge in [-0.2, -0.15) is 0 Å². The molecule has 0 radical (unpaired) electrons. The zero-order valence-electron chi connectivity index (χ0n) is 10.1. The van der Waals surface area contributed by atoms with Crippen LogP contribution in [0.4, 0.5) is 11.4 Å². The van der Waals surface area contributed by atoms with Crippen LogP contribution in [-0.4, -0.2) is 33.8 Å². The Bertz CT molecular complexity index is 511. The summed E-state index contributed by atoms with van der Waals surface area (Å²) in [6, 6.07) is 3.77. The van der Waals surface area contributed by atoms with Gasteiger partial charge in [0.2, 0.25) is 0 Å². The van der Waals surface area contributed by atoms with Gasteiger partial charge in [-0.15, -0.1) is 0 Å². The van der Waals surface area contributed by atoms with Crippen molar-refractivity contribution >= 4 is 17.3 Å². The molecule has 2 rings (SSSR count). The molecule has 1 fully saturated rings. The van der Waals surface area contributed by atoms with Gasteiger partial charge in [0.25, 0.3) is 5.69 Å². The fourth-order valence-electron chi connectivity index (χ4n) is 2.09. The van der Waals surface area contributed by atoms with E-state index in [9.17, 15) is 14.9 Å². The van der Waals surface area contributed by atoms with Gasteiger partial charge in [-0.25, -0.2) is 4.79 Å². The van der Waals surface area contributed by atoms with Gasteiger partial charge in [0.05, 0.1) is 16.6 Å². The Labute approximate surface area is 109 Å². The Kier molecular flexibility index (Phi) is 3.66. The van der Waals surface area contributed by atoms with Crippen LogP contribution in [-0.2, 0) is 0 Å². The van der Waals surface area contributed by atoms with E-state index in [1.54, 1.807) is 0 Å². The standard InChI is InChI=1S/C12H14N2O5/c15-9-3-7(4-9)6-13-10-2-1-8(12(16)17)5-11(10)14(18)19/h1-2,5,7,9,13,15H,3-4,6H2,(H,16,17). The summed E-state index contributed by atoms with van der Waals surface area (Å²) in [7, 11) is 0. The predicted octanol–water partition coefficient (Wildman–Crippen LogP) is 1.48. The van der Waals surface area contributed by atoms with Crippen molar-refractivity contribution in [3.8, 4) is 0 Å². The second-order valence-corrected chi connectivity index (χ2v) is 4.67. The number of hydrogen-bond acceptors (Lipinski definition) is 5. The fraction of sp³-hybridized carbons (Fsp3) is 0.417. The van der Waals surface area contributed by atoms with E-state index in [4.69, 9.17) is 10.2 Å². The molecular formula is C12H14N2O5. The fourth-order valence-corrected chi connectivity index (χ4v) is 2.09. The minimum absolute atomic E-state index is 0.115. The summed E-state index contributed by atoms with van der Waals surface area (Å²) in [5.41, 5.74) is -0.0625. The summed E-state index contributed by atoms with van der Waals surface area (Å²) in [5.74, 6) is -0.898. The van der Waals surface area contributed by atoms with E-state index in [0.717, 1.165) is 6.07 Å². The summed E-state index contributed by atoms with van der Waals surface area (Å²) in [6.45, 7) is 0.532. The highest BCUT2D eigenvalue weighted by atomic mass is 16.6. The van der Waals surface area contributed by atoms with Gasteiger partial charge in [-0.05, 0) is 30.9 Å². The van der Waals surface area contributed by atoms with E-state index in [2.05, 4.69) is 5.32 Å². The maximum atomic E-state index is 10.9. The van der Waals surface area contributed by atoms with E-state index in [1.165, 1.54) is 12.1 Å². The Morgan fingerprint density at radius 3 is 2.68 bits per heavy atom. The van der Waals surface area contributed by atoms with Gasteiger partial charge >= 0.3 is 5.97 Å². The smallest absolute Gasteiger partial charge is 0.335 e. The molecule has 0 amide bonds. The second-order valence-electron chi connectivity index (χ2n) is 4.67. The first kappa shape index (κ1) is 13.3. The first-order valence-corrected chi connectivity index (χ1v) is 5.91. The Morgan fingerprint density at radius 2 is 2.16 bits per heavy atom. The lowest BCUT2D eigenvalue weighted by molar-refractivity contribution is -0.384. The second kappa shape index (κ2) is 5.23. The van der Waals surface area contributed by atoms with Crippen LogP contribution in [0.5, 0.6) is 0 Å². The number of rotatable bonds is 5. The minimum atomic E-state index is -1.20. The van der Waals surface area contributed by atoms with Gasteiger partial charge in [-0.1, -0.05) is 0 Å². The zero-order valence-corrected chi connectivity index (χ0v) is 10.1. The van der Waals surface area contributed by atoms with E-state index < -0.39 is 10.9 Å². The number of carboxylic acids is 1. The van der Waals surface area contributed by atoms with Gasteiger partial charge < -0.3 is 15.5 Å². The van der Waals surface area contributed by atoms with Crippen LogP contribution < -0.4 is 5.32 Å². The van der Waals surface area contributed by atoms with Gasteiger partial charge in [0.1, 0.15) is 5.69 Å². The molecule has 1 aromatic rings. The molecule has 0 aromatic heterocycles. The first-order valence-electron chi connectivity index (χ1n) is 5.91. The monoisotopic (exact) mass is 266 g/mol. The number of hydrogen-bond donors (Lipinski definition) is 3. The minimum Gasteiger partial charge on any atom is -0.478 e. The normalized spacial score (nSPS) is 21.5. The van der Waals surface area contributed by atoms with Crippen LogP contribution in [0.25, 0.3) is 0 Å². The third kappa shape index (κ3) is 3.00. The molecule has 102 valence electrons. The largest absolute Gasteiger partial charge is 0.478 e. The molecule has 3 N–H and O–H groups in total. The molecule has 0 spiro atoms. The van der Waals surface area contributed by atoms with Gasteiger partial charge in [-0.3, -0.25) is 10.1 Å². The Morgan fingerprint density at radius 1 is 1.47 bits per heavy atom. The molecule has 0 heterocycles. The molecule has 7 nitrogen and oxygen atoms in total. The van der Waals surface area contributed by atoms with Crippen LogP contribution in [0.3, 0.4) is 0 Å². The van der Waals surface area contributed by atoms with E-state index >= 15 is 0 Å². The highest BCUT2D eigenvalue weighted by Crippen LogP contribution is 2.30. The van der Waals surface area contributed by atoms with E-state index in [0.29, 0.717) is 31.0 Å². The topological polar surface area (TPSA) is 113 Å². The highest BCUT2D eigenvalue weighted by molar-refractivity contribution is 5.89. The van der Waals surface area contributed by atoms with Crippen molar-refractivity contribution in [1.82, 2.24) is 0 Å². The van der Waals surface area contributed by atoms with Gasteiger partial charge in [0, 0.05) is 12.6 Å². The van der Waals surface area contributed by atoms with Crippen molar-refractivity contribution in [2.24, 2.45) is 5.92 Å². The number of benzene rings is 1. The highest BCUT2D eigenvalue weighted by Gasteiger charge is 2.27. The molecule has 7 heteroatoms. The van der Waals surface area contributed by atoms with Crippen molar-refractivity contribution in [2.45, 2.75) is 18.9 Å². The molecule has 0 unspecified atom stereocenters. The molecular weight excluding hydrogens is 252 g/mol. The van der Waals surface area contributed by atoms with Crippen LogP contribution in [0.2, 0.25) is 0 Å². The molecule has 0 aliphatic heterocycles. The number of nitrogens with zero attached hydrogens (tertiary/aromatic N) is 1. The van der Waals surface area contributed by atoms with Crippen molar-refractivity contribution in [2.75, 3.05) is 11.9 Å². The zero-order chi connectivity index (χ0) is 14.0. The lowest BCUT2D eigenvalue weighted by Crippen LogP contribution is -2.33. The maximum Gasteiger partial charge on any atom is 0.335 e. The summed E-state index contributed by atoms with van der Waals surface area (Å²) >= 11 is 0.